The van der Waals surface area contributed by atoms with Crippen LogP contribution in [0.15, 0.2) is 53.7 Å². The first-order chi connectivity index (χ1) is 16.0. The van der Waals surface area contributed by atoms with Gasteiger partial charge in [-0.2, -0.15) is 5.10 Å². The smallest absolute Gasteiger partial charge is 0.230 e. The zero-order valence-electron chi connectivity index (χ0n) is 18.8. The number of hydrogen-bond donors (Lipinski definition) is 3. The largest absolute Gasteiger partial charge is 0.494 e. The molecule has 4 aromatic rings. The molecule has 0 spiro atoms. The Labute approximate surface area is 195 Å². The average Bonchev–Trinajstić information content (AvgIpc) is 3.19. The van der Waals surface area contributed by atoms with Gasteiger partial charge in [0.15, 0.2) is 10.8 Å². The topological polar surface area (TPSA) is 109 Å². The van der Waals surface area contributed by atoms with Crippen LogP contribution >= 0.6 is 11.8 Å². The van der Waals surface area contributed by atoms with Crippen LogP contribution < -0.4 is 15.5 Å². The van der Waals surface area contributed by atoms with Crippen LogP contribution in [0, 0.1) is 19.3 Å². The SMILES string of the molecule is CCOc1ccc(-n2c(SCC(=O)NCc3ccc(C)cc3)nc3n[nH]c(C)c3c2=N)cc1. The van der Waals surface area contributed by atoms with E-state index in [9.17, 15) is 4.79 Å². The molecule has 0 fully saturated rings. The Bertz CT molecular complexity index is 1330. The third-order valence-electron chi connectivity index (χ3n) is 5.13. The fourth-order valence-corrected chi connectivity index (χ4v) is 4.25. The zero-order chi connectivity index (χ0) is 23.4. The van der Waals surface area contributed by atoms with Gasteiger partial charge in [-0.05, 0) is 50.6 Å². The molecule has 3 N–H and O–H groups in total. The van der Waals surface area contributed by atoms with E-state index in [-0.39, 0.29) is 17.1 Å². The van der Waals surface area contributed by atoms with E-state index >= 15 is 0 Å². The number of amides is 1. The summed E-state index contributed by atoms with van der Waals surface area (Å²) in [5, 5.41) is 20.1. The van der Waals surface area contributed by atoms with E-state index < -0.39 is 0 Å². The van der Waals surface area contributed by atoms with E-state index in [2.05, 4.69) is 20.5 Å². The monoisotopic (exact) mass is 462 g/mol. The first-order valence-electron chi connectivity index (χ1n) is 10.7. The molecule has 0 unspecified atom stereocenters. The number of carbonyl (C=O) groups is 1. The van der Waals surface area contributed by atoms with Crippen LogP contribution in [0.3, 0.4) is 0 Å². The van der Waals surface area contributed by atoms with Crippen LogP contribution in [0.1, 0.15) is 23.7 Å². The van der Waals surface area contributed by atoms with E-state index in [1.54, 1.807) is 4.57 Å². The molecule has 9 heteroatoms. The van der Waals surface area contributed by atoms with Gasteiger partial charge in [0.05, 0.1) is 17.7 Å². The number of aromatic amines is 1. The van der Waals surface area contributed by atoms with Gasteiger partial charge >= 0.3 is 0 Å². The van der Waals surface area contributed by atoms with Crippen LogP contribution in [-0.2, 0) is 11.3 Å². The highest BCUT2D eigenvalue weighted by Gasteiger charge is 2.16. The van der Waals surface area contributed by atoms with Gasteiger partial charge in [-0.1, -0.05) is 41.6 Å². The lowest BCUT2D eigenvalue weighted by Gasteiger charge is -2.14. The minimum absolute atomic E-state index is 0.106. The van der Waals surface area contributed by atoms with Crippen LogP contribution in [0.25, 0.3) is 16.7 Å². The number of fused-ring (bicyclic) bond motifs is 1. The third kappa shape index (κ3) is 5.09. The summed E-state index contributed by atoms with van der Waals surface area (Å²) in [6.45, 7) is 6.87. The number of aromatic nitrogens is 4. The number of nitrogens with one attached hydrogen (secondary N) is 3. The van der Waals surface area contributed by atoms with Gasteiger partial charge in [-0.15, -0.1) is 0 Å². The molecule has 0 aliphatic heterocycles. The van der Waals surface area contributed by atoms with Crippen molar-refractivity contribution in [1.29, 1.82) is 5.41 Å². The van der Waals surface area contributed by atoms with Gasteiger partial charge in [-0.25, -0.2) is 4.98 Å². The first kappa shape index (κ1) is 22.6. The number of hydrogen-bond acceptors (Lipinski definition) is 6. The summed E-state index contributed by atoms with van der Waals surface area (Å²) < 4.78 is 7.27. The van der Waals surface area contributed by atoms with E-state index in [1.807, 2.05) is 69.3 Å². The van der Waals surface area contributed by atoms with Gasteiger partial charge in [0.1, 0.15) is 11.2 Å². The van der Waals surface area contributed by atoms with Crippen LogP contribution in [0.4, 0.5) is 0 Å². The highest BCUT2D eigenvalue weighted by molar-refractivity contribution is 7.99. The highest BCUT2D eigenvalue weighted by atomic mass is 32.2. The van der Waals surface area contributed by atoms with E-state index in [4.69, 9.17) is 10.1 Å². The molecule has 0 aliphatic rings. The predicted molar refractivity (Wildman–Crippen MR) is 129 cm³/mol. The summed E-state index contributed by atoms with van der Waals surface area (Å²) in [4.78, 5) is 17.2. The van der Waals surface area contributed by atoms with Crippen molar-refractivity contribution in [3.63, 3.8) is 0 Å². The summed E-state index contributed by atoms with van der Waals surface area (Å²) in [6, 6.07) is 15.5. The van der Waals surface area contributed by atoms with Gasteiger partial charge in [0.25, 0.3) is 0 Å². The maximum atomic E-state index is 12.5. The van der Waals surface area contributed by atoms with Crippen molar-refractivity contribution in [3.8, 4) is 11.4 Å². The number of thioether (sulfide) groups is 1. The molecule has 1 amide bonds. The molecule has 4 rings (SSSR count). The second-order valence-corrected chi connectivity index (χ2v) is 8.55. The molecule has 0 saturated carbocycles. The number of carbonyl (C=O) groups excluding carboxylic acids is 1. The van der Waals surface area contributed by atoms with Crippen LogP contribution in [0.2, 0.25) is 0 Å². The second kappa shape index (κ2) is 9.91. The van der Waals surface area contributed by atoms with Crippen molar-refractivity contribution in [2.75, 3.05) is 12.4 Å². The summed E-state index contributed by atoms with van der Waals surface area (Å²) in [6.07, 6.45) is 0. The molecule has 0 atom stereocenters. The van der Waals surface area contributed by atoms with Crippen LogP contribution in [-0.4, -0.2) is 38.0 Å². The maximum Gasteiger partial charge on any atom is 0.230 e. The number of H-pyrrole nitrogens is 1. The Morgan fingerprint density at radius 2 is 1.88 bits per heavy atom. The molecule has 8 nitrogen and oxygen atoms in total. The van der Waals surface area contributed by atoms with Crippen molar-refractivity contribution >= 4 is 28.7 Å². The molecule has 33 heavy (non-hydrogen) atoms. The zero-order valence-corrected chi connectivity index (χ0v) is 19.6. The summed E-state index contributed by atoms with van der Waals surface area (Å²) in [7, 11) is 0. The number of rotatable bonds is 8. The Hall–Kier alpha value is -3.59. The Balaban J connectivity index is 1.58. The summed E-state index contributed by atoms with van der Waals surface area (Å²) >= 11 is 1.27. The van der Waals surface area contributed by atoms with E-state index in [0.29, 0.717) is 29.3 Å². The van der Waals surface area contributed by atoms with Crippen molar-refractivity contribution < 1.29 is 9.53 Å². The van der Waals surface area contributed by atoms with Crippen molar-refractivity contribution in [2.45, 2.75) is 32.5 Å². The Morgan fingerprint density at radius 3 is 2.58 bits per heavy atom. The van der Waals surface area contributed by atoms with Gasteiger partial charge < -0.3 is 10.1 Å². The van der Waals surface area contributed by atoms with Gasteiger partial charge in [-0.3, -0.25) is 19.9 Å². The first-order valence-corrected chi connectivity index (χ1v) is 11.7. The summed E-state index contributed by atoms with van der Waals surface area (Å²) in [5.74, 6) is 0.821. The van der Waals surface area contributed by atoms with E-state index in [1.165, 1.54) is 17.3 Å². The number of aryl methyl sites for hydroxylation is 2. The second-order valence-electron chi connectivity index (χ2n) is 7.60. The molecule has 0 saturated heterocycles. The molecule has 0 aliphatic carbocycles. The number of ether oxygens (including phenoxy) is 1. The Kier molecular flexibility index (Phi) is 6.79. The van der Waals surface area contributed by atoms with Gasteiger partial charge in [0, 0.05) is 17.9 Å². The number of benzene rings is 2. The lowest BCUT2D eigenvalue weighted by Crippen LogP contribution is -2.26. The lowest BCUT2D eigenvalue weighted by atomic mass is 10.1. The molecule has 0 bridgehead atoms. The molecular formula is C24H26N6O2S. The van der Waals surface area contributed by atoms with Crippen molar-refractivity contribution in [3.05, 3.63) is 70.8 Å². The maximum absolute atomic E-state index is 12.5. The van der Waals surface area contributed by atoms with Crippen molar-refractivity contribution in [2.24, 2.45) is 0 Å². The van der Waals surface area contributed by atoms with Crippen molar-refractivity contribution in [1.82, 2.24) is 25.1 Å². The third-order valence-corrected chi connectivity index (χ3v) is 6.07. The molecule has 170 valence electrons. The minimum atomic E-state index is -0.106. The van der Waals surface area contributed by atoms with Gasteiger partial charge in [0.2, 0.25) is 5.91 Å². The fraction of sp³-hybridized carbons (Fsp3) is 0.250. The fourth-order valence-electron chi connectivity index (χ4n) is 3.41. The number of nitrogens with zero attached hydrogens (tertiary/aromatic N) is 3. The quantitative estimate of drug-likeness (QED) is 0.274. The molecule has 2 heterocycles. The average molecular weight is 463 g/mol. The molecular weight excluding hydrogens is 436 g/mol. The molecule has 2 aromatic carbocycles. The molecule has 2 aromatic heterocycles. The standard InChI is InChI=1S/C24H26N6O2S/c1-4-32-19-11-9-18(10-12-19)30-22(25)21-16(3)28-29-23(21)27-24(30)33-14-20(31)26-13-17-7-5-15(2)6-8-17/h5-12,25H,4,13-14H2,1-3H3,(H,26,31)(H,28,29). The lowest BCUT2D eigenvalue weighted by molar-refractivity contribution is -0.118. The molecule has 0 radical (unpaired) electrons. The van der Waals surface area contributed by atoms with Crippen LogP contribution in [0.5, 0.6) is 5.75 Å². The Morgan fingerprint density at radius 1 is 1.15 bits per heavy atom. The normalized spacial score (nSPS) is 11.0. The minimum Gasteiger partial charge on any atom is -0.494 e. The predicted octanol–water partition coefficient (Wildman–Crippen LogP) is 3.65. The highest BCUT2D eigenvalue weighted by Crippen LogP contribution is 2.23. The summed E-state index contributed by atoms with van der Waals surface area (Å²) in [5.41, 5.74) is 4.49. The van der Waals surface area contributed by atoms with E-state index in [0.717, 1.165) is 22.7 Å².